The van der Waals surface area contributed by atoms with Gasteiger partial charge in [-0.15, -0.1) is 0 Å². The Bertz CT molecular complexity index is 3470. The summed E-state index contributed by atoms with van der Waals surface area (Å²) in [5.74, 6) is 0. The number of rotatable bonds is 5. The second-order valence-electron chi connectivity index (χ2n) is 14.9. The summed E-state index contributed by atoms with van der Waals surface area (Å²) in [6, 6.07) is 71.6. The highest BCUT2D eigenvalue weighted by Crippen LogP contribution is 2.48. The van der Waals surface area contributed by atoms with Gasteiger partial charge in [0.15, 0.2) is 0 Å². The topological polar surface area (TPSA) is 29.5 Å². The third kappa shape index (κ3) is 4.99. The number of benzene rings is 10. The SMILES string of the molecule is c1ccc(-c2cc3c(oc4cccc(N(c5ccc6ccccc6c5)c5ccc6ccccc6c5)c43)c3ccccc23)c(-c2ccc3c(c2)oc2ccccc23)c1. The lowest BCUT2D eigenvalue weighted by atomic mass is 9.89. The predicted molar refractivity (Wildman–Crippen MR) is 239 cm³/mol. The van der Waals surface area contributed by atoms with Crippen molar-refractivity contribution >= 4 is 93.3 Å². The first-order chi connectivity index (χ1) is 28.2. The molecule has 0 spiro atoms. The van der Waals surface area contributed by atoms with Crippen LogP contribution in [-0.4, -0.2) is 0 Å². The molecule has 2 aromatic heterocycles. The van der Waals surface area contributed by atoms with Crippen LogP contribution in [0.25, 0.3) is 98.4 Å². The second-order valence-corrected chi connectivity index (χ2v) is 14.9. The van der Waals surface area contributed by atoms with E-state index in [0.717, 1.165) is 94.0 Å². The van der Waals surface area contributed by atoms with Gasteiger partial charge >= 0.3 is 0 Å². The van der Waals surface area contributed by atoms with E-state index in [-0.39, 0.29) is 0 Å². The number of anilines is 3. The van der Waals surface area contributed by atoms with E-state index in [0.29, 0.717) is 0 Å². The van der Waals surface area contributed by atoms with Crippen molar-refractivity contribution in [1.82, 2.24) is 0 Å². The van der Waals surface area contributed by atoms with Crippen molar-refractivity contribution in [1.29, 1.82) is 0 Å². The van der Waals surface area contributed by atoms with Gasteiger partial charge in [-0.25, -0.2) is 0 Å². The Morgan fingerprint density at radius 1 is 0.316 bits per heavy atom. The Kier molecular flexibility index (Phi) is 6.93. The fourth-order valence-corrected chi connectivity index (χ4v) is 8.96. The summed E-state index contributed by atoms with van der Waals surface area (Å²) < 4.78 is 13.3. The third-order valence-electron chi connectivity index (χ3n) is 11.6. The van der Waals surface area contributed by atoms with Crippen LogP contribution in [-0.2, 0) is 0 Å². The highest BCUT2D eigenvalue weighted by Gasteiger charge is 2.23. The highest BCUT2D eigenvalue weighted by atomic mass is 16.3. The molecule has 0 atom stereocenters. The van der Waals surface area contributed by atoms with Crippen LogP contribution in [0.2, 0.25) is 0 Å². The Balaban J connectivity index is 1.12. The number of hydrogen-bond donors (Lipinski definition) is 0. The first-order valence-electron chi connectivity index (χ1n) is 19.4. The van der Waals surface area contributed by atoms with Crippen LogP contribution >= 0.6 is 0 Å². The predicted octanol–water partition coefficient (Wildman–Crippen LogP) is 15.7. The maximum Gasteiger partial charge on any atom is 0.143 e. The molecule has 0 fully saturated rings. The first-order valence-corrected chi connectivity index (χ1v) is 19.4. The molecule has 0 aliphatic heterocycles. The van der Waals surface area contributed by atoms with Gasteiger partial charge in [0.2, 0.25) is 0 Å². The van der Waals surface area contributed by atoms with Crippen molar-refractivity contribution in [3.63, 3.8) is 0 Å². The third-order valence-corrected chi connectivity index (χ3v) is 11.6. The van der Waals surface area contributed by atoms with Gasteiger partial charge in [-0.2, -0.15) is 0 Å². The summed E-state index contributed by atoms with van der Waals surface area (Å²) in [5.41, 5.74) is 11.3. The average Bonchev–Trinajstić information content (AvgIpc) is 3.85. The van der Waals surface area contributed by atoms with E-state index in [1.54, 1.807) is 0 Å². The molecule has 0 amide bonds. The lowest BCUT2D eigenvalue weighted by Gasteiger charge is -2.27. The minimum Gasteiger partial charge on any atom is -0.456 e. The molecule has 0 aliphatic carbocycles. The summed E-state index contributed by atoms with van der Waals surface area (Å²) in [4.78, 5) is 2.39. The van der Waals surface area contributed by atoms with Crippen LogP contribution in [0, 0.1) is 0 Å². The quantitative estimate of drug-likeness (QED) is 0.177. The summed E-state index contributed by atoms with van der Waals surface area (Å²) in [6.07, 6.45) is 0. The van der Waals surface area contributed by atoms with Gasteiger partial charge in [-0.1, -0.05) is 140 Å². The fraction of sp³-hybridized carbons (Fsp3) is 0. The van der Waals surface area contributed by atoms with E-state index < -0.39 is 0 Å². The molecule has 3 heteroatoms. The summed E-state index contributed by atoms with van der Waals surface area (Å²) >= 11 is 0. The second kappa shape index (κ2) is 12.5. The van der Waals surface area contributed by atoms with Gasteiger partial charge in [0.25, 0.3) is 0 Å². The number of hydrogen-bond acceptors (Lipinski definition) is 3. The van der Waals surface area contributed by atoms with Crippen LogP contribution in [0.15, 0.2) is 209 Å². The lowest BCUT2D eigenvalue weighted by Crippen LogP contribution is -2.10. The zero-order valence-electron chi connectivity index (χ0n) is 30.8. The molecule has 10 aromatic carbocycles. The average molecular weight is 728 g/mol. The molecule has 12 rings (SSSR count). The molecule has 0 aliphatic rings. The van der Waals surface area contributed by atoms with Crippen LogP contribution in [0.5, 0.6) is 0 Å². The maximum atomic E-state index is 6.91. The molecule has 3 nitrogen and oxygen atoms in total. The standard InChI is InChI=1S/C54H33NO2/c1-3-14-36-30-39(27-24-34(36)12-1)55(40-28-25-35-13-2-4-15-37(35)31-40)49-21-11-23-51-53(49)48-33-47(43-18-7-8-20-46(43)54(48)57-51)42-17-6-5-16-41(42)38-26-29-45-44-19-9-10-22-50(44)56-52(45)32-38/h1-33H. The van der Waals surface area contributed by atoms with E-state index in [1.807, 2.05) is 12.1 Å². The Hall–Kier alpha value is -7.62. The first kappa shape index (κ1) is 31.7. The van der Waals surface area contributed by atoms with Crippen molar-refractivity contribution in [3.8, 4) is 22.3 Å². The Labute approximate surface area is 328 Å². The zero-order chi connectivity index (χ0) is 37.5. The molecule has 2 heterocycles. The van der Waals surface area contributed by atoms with Crippen LogP contribution in [0.3, 0.4) is 0 Å². The molecule has 57 heavy (non-hydrogen) atoms. The van der Waals surface area contributed by atoms with Crippen molar-refractivity contribution in [2.24, 2.45) is 0 Å². The lowest BCUT2D eigenvalue weighted by molar-refractivity contribution is 0.669. The van der Waals surface area contributed by atoms with Gasteiger partial charge < -0.3 is 13.7 Å². The van der Waals surface area contributed by atoms with Crippen molar-refractivity contribution in [2.75, 3.05) is 4.90 Å². The smallest absolute Gasteiger partial charge is 0.143 e. The van der Waals surface area contributed by atoms with Crippen molar-refractivity contribution in [3.05, 3.63) is 200 Å². The van der Waals surface area contributed by atoms with Gasteiger partial charge in [0.1, 0.15) is 22.3 Å². The van der Waals surface area contributed by atoms with Gasteiger partial charge in [0, 0.05) is 32.9 Å². The normalized spacial score (nSPS) is 11.9. The van der Waals surface area contributed by atoms with Crippen LogP contribution in [0.1, 0.15) is 0 Å². The van der Waals surface area contributed by atoms with E-state index in [4.69, 9.17) is 8.83 Å². The number of furan rings is 2. The molecule has 12 aromatic rings. The van der Waals surface area contributed by atoms with E-state index in [9.17, 15) is 0 Å². The highest BCUT2D eigenvalue weighted by molar-refractivity contribution is 6.23. The summed E-state index contributed by atoms with van der Waals surface area (Å²) in [7, 11) is 0. The van der Waals surface area contributed by atoms with Gasteiger partial charge in [-0.05, 0) is 110 Å². The molecule has 0 saturated carbocycles. The Morgan fingerprint density at radius 3 is 1.67 bits per heavy atom. The largest absolute Gasteiger partial charge is 0.456 e. The van der Waals surface area contributed by atoms with Gasteiger partial charge in [-0.3, -0.25) is 0 Å². The van der Waals surface area contributed by atoms with Crippen LogP contribution < -0.4 is 4.90 Å². The van der Waals surface area contributed by atoms with Gasteiger partial charge in [0.05, 0.1) is 11.1 Å². The van der Waals surface area contributed by atoms with Crippen molar-refractivity contribution in [2.45, 2.75) is 0 Å². The van der Waals surface area contributed by atoms with E-state index in [2.05, 4.69) is 193 Å². The number of nitrogens with zero attached hydrogens (tertiary/aromatic N) is 1. The zero-order valence-corrected chi connectivity index (χ0v) is 30.8. The fourth-order valence-electron chi connectivity index (χ4n) is 8.96. The summed E-state index contributed by atoms with van der Waals surface area (Å²) in [6.45, 7) is 0. The molecular formula is C54H33NO2. The number of fused-ring (bicyclic) bond motifs is 10. The van der Waals surface area contributed by atoms with E-state index in [1.165, 1.54) is 21.5 Å². The minimum atomic E-state index is 0.847. The monoisotopic (exact) mass is 727 g/mol. The molecule has 0 saturated heterocycles. The molecule has 0 bridgehead atoms. The van der Waals surface area contributed by atoms with Crippen LogP contribution in [0.4, 0.5) is 17.1 Å². The number of para-hydroxylation sites is 1. The Morgan fingerprint density at radius 2 is 0.912 bits per heavy atom. The molecule has 266 valence electrons. The minimum absolute atomic E-state index is 0.847. The molecular weight excluding hydrogens is 695 g/mol. The maximum absolute atomic E-state index is 6.91. The van der Waals surface area contributed by atoms with E-state index >= 15 is 0 Å². The molecule has 0 N–H and O–H groups in total. The van der Waals surface area contributed by atoms with Crippen molar-refractivity contribution < 1.29 is 8.83 Å². The molecule has 0 unspecified atom stereocenters. The summed E-state index contributed by atoms with van der Waals surface area (Å²) in [5, 5.41) is 11.4. The molecule has 0 radical (unpaired) electrons.